The average Bonchev–Trinajstić information content (AvgIpc) is 3.02. The van der Waals surface area contributed by atoms with Gasteiger partial charge in [0.25, 0.3) is 0 Å². The Kier molecular flexibility index (Phi) is 6.08. The Bertz CT molecular complexity index is 540. The molecule has 1 aromatic heterocycles. The summed E-state index contributed by atoms with van der Waals surface area (Å²) in [7, 11) is 1.67. The summed E-state index contributed by atoms with van der Waals surface area (Å²) in [6, 6.07) is 8.26. The fourth-order valence-electron chi connectivity index (χ4n) is 2.11. The summed E-state index contributed by atoms with van der Waals surface area (Å²) in [5.74, 6) is 1.70. The molecule has 0 spiro atoms. The average molecular weight is 305 g/mol. The van der Waals surface area contributed by atoms with Crippen LogP contribution in [-0.2, 0) is 12.8 Å². The van der Waals surface area contributed by atoms with Gasteiger partial charge in [-0.05, 0) is 46.9 Å². The molecule has 0 aliphatic heterocycles. The maximum absolute atomic E-state index is 6.06. The number of rotatable bonds is 8. The maximum atomic E-state index is 6.06. The van der Waals surface area contributed by atoms with E-state index in [1.54, 1.807) is 18.4 Å². The van der Waals surface area contributed by atoms with Crippen molar-refractivity contribution in [2.45, 2.75) is 32.2 Å². The highest BCUT2D eigenvalue weighted by Gasteiger charge is 2.10. The minimum absolute atomic E-state index is 0.164. The molecule has 2 aromatic rings. The van der Waals surface area contributed by atoms with Crippen molar-refractivity contribution in [3.63, 3.8) is 0 Å². The zero-order chi connectivity index (χ0) is 15.1. The van der Waals surface area contributed by atoms with Crippen LogP contribution in [-0.4, -0.2) is 19.8 Å². The molecule has 0 saturated heterocycles. The molecule has 0 aliphatic rings. The van der Waals surface area contributed by atoms with E-state index in [2.05, 4.69) is 23.8 Å². The summed E-state index contributed by atoms with van der Waals surface area (Å²) in [4.78, 5) is 0. The second kappa shape index (κ2) is 8.05. The van der Waals surface area contributed by atoms with E-state index in [9.17, 15) is 0 Å². The molecule has 0 bridgehead atoms. The Morgan fingerprint density at radius 3 is 2.81 bits per heavy atom. The van der Waals surface area contributed by atoms with E-state index in [4.69, 9.17) is 15.2 Å². The minimum atomic E-state index is 0.164. The van der Waals surface area contributed by atoms with Crippen molar-refractivity contribution in [3.8, 4) is 11.5 Å². The molecule has 0 saturated carbocycles. The number of hydrogen-bond acceptors (Lipinski definition) is 4. The summed E-state index contributed by atoms with van der Waals surface area (Å²) in [5, 5.41) is 4.25. The largest absolute Gasteiger partial charge is 0.497 e. The lowest BCUT2D eigenvalue weighted by Gasteiger charge is -2.15. The number of ether oxygens (including phenoxy) is 2. The summed E-state index contributed by atoms with van der Waals surface area (Å²) >= 11 is 1.71. The smallest absolute Gasteiger partial charge is 0.126 e. The molecule has 1 unspecified atom stereocenters. The molecule has 0 radical (unpaired) electrons. The zero-order valence-electron chi connectivity index (χ0n) is 12.7. The molecule has 1 atom stereocenters. The number of thiophene rings is 1. The lowest BCUT2D eigenvalue weighted by atomic mass is 10.0. The van der Waals surface area contributed by atoms with Crippen molar-refractivity contribution in [2.24, 2.45) is 5.73 Å². The van der Waals surface area contributed by atoms with Crippen LogP contribution in [0.1, 0.15) is 24.5 Å². The summed E-state index contributed by atoms with van der Waals surface area (Å²) < 4.78 is 11.3. The van der Waals surface area contributed by atoms with E-state index in [1.807, 2.05) is 18.2 Å². The van der Waals surface area contributed by atoms with Gasteiger partial charge in [0.2, 0.25) is 0 Å². The maximum Gasteiger partial charge on any atom is 0.126 e. The van der Waals surface area contributed by atoms with Crippen LogP contribution in [0.4, 0.5) is 0 Å². The molecule has 114 valence electrons. The predicted octanol–water partition coefficient (Wildman–Crippen LogP) is 3.66. The quantitative estimate of drug-likeness (QED) is 0.809. The van der Waals surface area contributed by atoms with E-state index >= 15 is 0 Å². The number of methoxy groups -OCH3 is 1. The van der Waals surface area contributed by atoms with Gasteiger partial charge in [-0.2, -0.15) is 11.3 Å². The van der Waals surface area contributed by atoms with Gasteiger partial charge in [-0.1, -0.05) is 13.0 Å². The molecular weight excluding hydrogens is 282 g/mol. The molecule has 0 aliphatic carbocycles. The van der Waals surface area contributed by atoms with E-state index in [-0.39, 0.29) is 6.04 Å². The van der Waals surface area contributed by atoms with Crippen molar-refractivity contribution in [3.05, 3.63) is 46.2 Å². The second-order valence-corrected chi connectivity index (χ2v) is 5.86. The van der Waals surface area contributed by atoms with Crippen LogP contribution in [0.3, 0.4) is 0 Å². The van der Waals surface area contributed by atoms with E-state index in [1.165, 1.54) is 5.56 Å². The molecule has 0 fully saturated rings. The molecular formula is C17H23NO2S. The molecule has 1 heterocycles. The Morgan fingerprint density at radius 2 is 2.14 bits per heavy atom. The van der Waals surface area contributed by atoms with Gasteiger partial charge >= 0.3 is 0 Å². The molecule has 4 heteroatoms. The van der Waals surface area contributed by atoms with Gasteiger partial charge in [-0.3, -0.25) is 0 Å². The molecule has 0 amide bonds. The first-order chi connectivity index (χ1) is 10.2. The predicted molar refractivity (Wildman–Crippen MR) is 88.5 cm³/mol. The topological polar surface area (TPSA) is 44.5 Å². The van der Waals surface area contributed by atoms with Crippen molar-refractivity contribution < 1.29 is 9.47 Å². The van der Waals surface area contributed by atoms with E-state index in [0.717, 1.165) is 36.3 Å². The first kappa shape index (κ1) is 15.9. The van der Waals surface area contributed by atoms with Gasteiger partial charge in [-0.25, -0.2) is 0 Å². The summed E-state index contributed by atoms with van der Waals surface area (Å²) in [6.45, 7) is 2.77. The van der Waals surface area contributed by atoms with Crippen LogP contribution < -0.4 is 15.2 Å². The number of hydrogen-bond donors (Lipinski definition) is 1. The Balaban J connectivity index is 2.03. The van der Waals surface area contributed by atoms with Gasteiger partial charge in [0.1, 0.15) is 11.5 Å². The van der Waals surface area contributed by atoms with Crippen molar-refractivity contribution in [1.29, 1.82) is 0 Å². The molecule has 2 rings (SSSR count). The van der Waals surface area contributed by atoms with Crippen LogP contribution >= 0.6 is 11.3 Å². The highest BCUT2D eigenvalue weighted by Crippen LogP contribution is 2.26. The molecule has 21 heavy (non-hydrogen) atoms. The highest BCUT2D eigenvalue weighted by molar-refractivity contribution is 7.07. The number of benzene rings is 1. The summed E-state index contributed by atoms with van der Waals surface area (Å²) in [6.07, 6.45) is 2.70. The monoisotopic (exact) mass is 305 g/mol. The Morgan fingerprint density at radius 1 is 1.29 bits per heavy atom. The first-order valence-corrected chi connectivity index (χ1v) is 8.23. The van der Waals surface area contributed by atoms with E-state index < -0.39 is 0 Å². The van der Waals surface area contributed by atoms with Gasteiger partial charge in [0.15, 0.2) is 0 Å². The lowest BCUT2D eigenvalue weighted by Crippen LogP contribution is -2.21. The third-order valence-electron chi connectivity index (χ3n) is 3.51. The molecule has 2 N–H and O–H groups in total. The van der Waals surface area contributed by atoms with Gasteiger partial charge < -0.3 is 15.2 Å². The Labute approximate surface area is 130 Å². The minimum Gasteiger partial charge on any atom is -0.497 e. The zero-order valence-corrected chi connectivity index (χ0v) is 13.5. The second-order valence-electron chi connectivity index (χ2n) is 5.08. The fraction of sp³-hybridized carbons (Fsp3) is 0.412. The standard InChI is InChI=1S/C17H23NO2S/c1-3-15(18)10-14-4-5-16(19-2)11-17(14)20-8-6-13-7-9-21-12-13/h4-5,7,9,11-12,15H,3,6,8,10,18H2,1-2H3. The van der Waals surface area contributed by atoms with Crippen LogP contribution in [0.15, 0.2) is 35.0 Å². The highest BCUT2D eigenvalue weighted by atomic mass is 32.1. The van der Waals surface area contributed by atoms with Crippen LogP contribution in [0.25, 0.3) is 0 Å². The summed E-state index contributed by atoms with van der Waals surface area (Å²) in [5.41, 5.74) is 8.53. The molecule has 3 nitrogen and oxygen atoms in total. The van der Waals surface area contributed by atoms with Crippen LogP contribution in [0, 0.1) is 0 Å². The van der Waals surface area contributed by atoms with Crippen molar-refractivity contribution in [1.82, 2.24) is 0 Å². The van der Waals surface area contributed by atoms with Gasteiger partial charge in [0, 0.05) is 18.5 Å². The molecule has 1 aromatic carbocycles. The SMILES string of the molecule is CCC(N)Cc1ccc(OC)cc1OCCc1ccsc1. The van der Waals surface area contributed by atoms with Crippen molar-refractivity contribution >= 4 is 11.3 Å². The number of nitrogens with two attached hydrogens (primary N) is 1. The van der Waals surface area contributed by atoms with Gasteiger partial charge in [0.05, 0.1) is 13.7 Å². The van der Waals surface area contributed by atoms with E-state index in [0.29, 0.717) is 6.61 Å². The van der Waals surface area contributed by atoms with Crippen molar-refractivity contribution in [2.75, 3.05) is 13.7 Å². The fourth-order valence-corrected chi connectivity index (χ4v) is 2.81. The Hall–Kier alpha value is -1.52. The third kappa shape index (κ3) is 4.76. The van der Waals surface area contributed by atoms with Gasteiger partial charge in [-0.15, -0.1) is 0 Å². The first-order valence-electron chi connectivity index (χ1n) is 7.29. The lowest BCUT2D eigenvalue weighted by molar-refractivity contribution is 0.315. The third-order valence-corrected chi connectivity index (χ3v) is 4.24. The van der Waals surface area contributed by atoms with Crippen LogP contribution in [0.2, 0.25) is 0 Å². The normalized spacial score (nSPS) is 12.1. The van der Waals surface area contributed by atoms with Crippen LogP contribution in [0.5, 0.6) is 11.5 Å².